The van der Waals surface area contributed by atoms with E-state index in [9.17, 15) is 14.3 Å². The van der Waals surface area contributed by atoms with Crippen LogP contribution in [0.15, 0.2) is 42.9 Å². The van der Waals surface area contributed by atoms with Crippen LogP contribution in [-0.2, 0) is 18.2 Å². The van der Waals surface area contributed by atoms with E-state index in [1.54, 1.807) is 29.2 Å². The summed E-state index contributed by atoms with van der Waals surface area (Å²) in [5.74, 6) is -0.673. The Balaban J connectivity index is 1.51. The number of nitrogens with zero attached hydrogens (tertiary/aromatic N) is 3. The molecule has 2 unspecified atom stereocenters. The van der Waals surface area contributed by atoms with E-state index >= 15 is 0 Å². The average Bonchev–Trinajstić information content (AvgIpc) is 3.19. The average molecular weight is 424 g/mol. The maximum atomic E-state index is 14.8. The minimum absolute atomic E-state index is 0.200. The molecular formula is C23H25FN4O3. The minimum Gasteiger partial charge on any atom is -0.389 e. The van der Waals surface area contributed by atoms with Gasteiger partial charge >= 0.3 is 0 Å². The van der Waals surface area contributed by atoms with E-state index in [1.807, 2.05) is 26.2 Å². The molecule has 2 aromatic heterocycles. The highest BCUT2D eigenvalue weighted by Gasteiger charge is 2.26. The van der Waals surface area contributed by atoms with E-state index in [4.69, 9.17) is 4.74 Å². The number of carbonyl (C=O) groups is 1. The smallest absolute Gasteiger partial charge is 0.270 e. The predicted octanol–water partition coefficient (Wildman–Crippen LogP) is 2.40. The van der Waals surface area contributed by atoms with Gasteiger partial charge in [0.25, 0.3) is 5.91 Å². The molecule has 1 fully saturated rings. The van der Waals surface area contributed by atoms with Crippen LogP contribution in [0.2, 0.25) is 0 Å². The molecule has 1 saturated heterocycles. The first-order valence-electron chi connectivity index (χ1n) is 10.2. The van der Waals surface area contributed by atoms with Crippen LogP contribution in [0, 0.1) is 12.7 Å². The molecule has 1 aromatic carbocycles. The van der Waals surface area contributed by atoms with Gasteiger partial charge in [0.2, 0.25) is 0 Å². The number of pyridine rings is 1. The number of carbonyl (C=O) groups excluding carboxylic acids is 1. The largest absolute Gasteiger partial charge is 0.389 e. The lowest BCUT2D eigenvalue weighted by Crippen LogP contribution is -2.48. The van der Waals surface area contributed by atoms with Gasteiger partial charge in [-0.1, -0.05) is 12.1 Å². The van der Waals surface area contributed by atoms with Gasteiger partial charge in [-0.3, -0.25) is 14.5 Å². The standard InChI is InChI=1S/C23H25FN4O3/c1-14-10-25-21(23(30)27-20-5-6-31-13-22(20)29)9-17(14)7-16-4-3-15(8-19(16)24)18-11-26-28(2)12-18/h3-4,8-12,20,22,29H,5-7,13H2,1-2H3,(H,27,30). The molecule has 3 heterocycles. The van der Waals surface area contributed by atoms with Gasteiger partial charge in [0, 0.05) is 38.0 Å². The molecule has 4 rings (SSSR count). The molecule has 0 radical (unpaired) electrons. The van der Waals surface area contributed by atoms with Crippen LogP contribution in [-0.4, -0.2) is 51.1 Å². The lowest BCUT2D eigenvalue weighted by Gasteiger charge is -2.28. The molecule has 31 heavy (non-hydrogen) atoms. The minimum atomic E-state index is -0.741. The second kappa shape index (κ2) is 8.95. The van der Waals surface area contributed by atoms with Crippen LogP contribution >= 0.6 is 0 Å². The highest BCUT2D eigenvalue weighted by Crippen LogP contribution is 2.24. The molecule has 0 spiro atoms. The van der Waals surface area contributed by atoms with Gasteiger partial charge < -0.3 is 15.2 Å². The van der Waals surface area contributed by atoms with Crippen molar-refractivity contribution in [1.82, 2.24) is 20.1 Å². The summed E-state index contributed by atoms with van der Waals surface area (Å²) in [6.07, 6.45) is 5.29. The van der Waals surface area contributed by atoms with Crippen LogP contribution in [0.4, 0.5) is 4.39 Å². The summed E-state index contributed by atoms with van der Waals surface area (Å²) < 4.78 is 21.7. The first-order valence-corrected chi connectivity index (χ1v) is 10.2. The third-order valence-electron chi connectivity index (χ3n) is 5.56. The Hall–Kier alpha value is -3.10. The SMILES string of the molecule is Cc1cnc(C(=O)NC2CCOCC2O)cc1Cc1ccc(-c2cnn(C)c2)cc1F. The topological polar surface area (TPSA) is 89.3 Å². The van der Waals surface area contributed by atoms with Crippen LogP contribution in [0.5, 0.6) is 0 Å². The molecular weight excluding hydrogens is 399 g/mol. The summed E-state index contributed by atoms with van der Waals surface area (Å²) in [6.45, 7) is 2.57. The molecule has 8 heteroatoms. The van der Waals surface area contributed by atoms with Crippen molar-refractivity contribution in [3.63, 3.8) is 0 Å². The van der Waals surface area contributed by atoms with Crippen molar-refractivity contribution in [2.45, 2.75) is 31.9 Å². The van der Waals surface area contributed by atoms with Crippen LogP contribution in [0.25, 0.3) is 11.1 Å². The van der Waals surface area contributed by atoms with E-state index in [2.05, 4.69) is 15.4 Å². The van der Waals surface area contributed by atoms with Crippen molar-refractivity contribution in [2.75, 3.05) is 13.2 Å². The first-order chi connectivity index (χ1) is 14.9. The zero-order valence-electron chi connectivity index (χ0n) is 17.5. The summed E-state index contributed by atoms with van der Waals surface area (Å²) >= 11 is 0. The first kappa shape index (κ1) is 21.1. The quantitative estimate of drug-likeness (QED) is 0.657. The number of halogens is 1. The molecule has 1 aliphatic heterocycles. The molecule has 2 N–H and O–H groups in total. The highest BCUT2D eigenvalue weighted by molar-refractivity contribution is 5.92. The Kier molecular flexibility index (Phi) is 6.11. The van der Waals surface area contributed by atoms with Crippen molar-refractivity contribution in [2.24, 2.45) is 7.05 Å². The molecule has 7 nitrogen and oxygen atoms in total. The van der Waals surface area contributed by atoms with Gasteiger partial charge in [0.05, 0.1) is 24.9 Å². The fourth-order valence-corrected chi connectivity index (χ4v) is 3.66. The number of benzene rings is 1. The zero-order chi connectivity index (χ0) is 22.0. The predicted molar refractivity (Wildman–Crippen MR) is 113 cm³/mol. The Labute approximate surface area is 179 Å². The number of aliphatic hydroxyl groups is 1. The number of aromatic nitrogens is 3. The molecule has 162 valence electrons. The van der Waals surface area contributed by atoms with Crippen LogP contribution < -0.4 is 5.32 Å². The summed E-state index contributed by atoms with van der Waals surface area (Å²) in [7, 11) is 1.82. The molecule has 0 aliphatic carbocycles. The van der Waals surface area contributed by atoms with Crippen molar-refractivity contribution in [3.8, 4) is 11.1 Å². The monoisotopic (exact) mass is 424 g/mol. The Morgan fingerprint density at radius 2 is 2.13 bits per heavy atom. The van der Waals surface area contributed by atoms with Gasteiger partial charge in [0.15, 0.2) is 0 Å². The molecule has 0 bridgehead atoms. The maximum absolute atomic E-state index is 14.8. The number of amides is 1. The summed E-state index contributed by atoms with van der Waals surface area (Å²) in [4.78, 5) is 16.9. The fraction of sp³-hybridized carbons (Fsp3) is 0.348. The molecule has 1 aliphatic rings. The summed E-state index contributed by atoms with van der Waals surface area (Å²) in [5.41, 5.74) is 4.08. The number of aliphatic hydroxyl groups excluding tert-OH is 1. The lowest BCUT2D eigenvalue weighted by atomic mass is 9.98. The number of nitrogens with one attached hydrogen (secondary N) is 1. The van der Waals surface area contributed by atoms with E-state index in [-0.39, 0.29) is 30.1 Å². The number of hydrogen-bond donors (Lipinski definition) is 2. The normalized spacial score (nSPS) is 18.7. The van der Waals surface area contributed by atoms with Gasteiger partial charge in [-0.2, -0.15) is 5.10 Å². The summed E-state index contributed by atoms with van der Waals surface area (Å²) in [5, 5.41) is 16.9. The van der Waals surface area contributed by atoms with Gasteiger partial charge in [0.1, 0.15) is 11.5 Å². The van der Waals surface area contributed by atoms with Crippen LogP contribution in [0.3, 0.4) is 0 Å². The maximum Gasteiger partial charge on any atom is 0.270 e. The van der Waals surface area contributed by atoms with Gasteiger partial charge in [-0.25, -0.2) is 4.39 Å². The van der Waals surface area contributed by atoms with Gasteiger partial charge in [-0.15, -0.1) is 0 Å². The van der Waals surface area contributed by atoms with Crippen molar-refractivity contribution < 1.29 is 19.0 Å². The van der Waals surface area contributed by atoms with Crippen LogP contribution in [0.1, 0.15) is 33.6 Å². The van der Waals surface area contributed by atoms with E-state index in [0.29, 0.717) is 25.0 Å². The third kappa shape index (κ3) is 4.81. The van der Waals surface area contributed by atoms with Gasteiger partial charge in [-0.05, 0) is 47.7 Å². The van der Waals surface area contributed by atoms with E-state index in [0.717, 1.165) is 22.3 Å². The van der Waals surface area contributed by atoms with Crippen molar-refractivity contribution in [1.29, 1.82) is 0 Å². The number of ether oxygens (including phenoxy) is 1. The van der Waals surface area contributed by atoms with Crippen molar-refractivity contribution >= 4 is 5.91 Å². The van der Waals surface area contributed by atoms with E-state index in [1.165, 1.54) is 6.07 Å². The fourth-order valence-electron chi connectivity index (χ4n) is 3.66. The molecule has 2 atom stereocenters. The molecule has 1 amide bonds. The third-order valence-corrected chi connectivity index (χ3v) is 5.56. The number of rotatable bonds is 5. The summed E-state index contributed by atoms with van der Waals surface area (Å²) in [6, 6.07) is 6.44. The van der Waals surface area contributed by atoms with Crippen molar-refractivity contribution in [3.05, 3.63) is 71.1 Å². The Bertz CT molecular complexity index is 1100. The zero-order valence-corrected chi connectivity index (χ0v) is 17.5. The lowest BCUT2D eigenvalue weighted by molar-refractivity contribution is -0.0261. The second-order valence-electron chi connectivity index (χ2n) is 7.89. The highest BCUT2D eigenvalue weighted by atomic mass is 19.1. The number of aryl methyl sites for hydroxylation is 2. The molecule has 0 saturated carbocycles. The molecule has 3 aromatic rings. The van der Waals surface area contributed by atoms with E-state index < -0.39 is 6.10 Å². The Morgan fingerprint density at radius 3 is 2.84 bits per heavy atom. The second-order valence-corrected chi connectivity index (χ2v) is 7.89. The number of hydrogen-bond acceptors (Lipinski definition) is 5. The Morgan fingerprint density at radius 1 is 1.29 bits per heavy atom.